The summed E-state index contributed by atoms with van der Waals surface area (Å²) in [5.41, 5.74) is 8.62. The molecule has 2 aliphatic rings. The molecular formula is C19H32N6. The third kappa shape index (κ3) is 4.63. The van der Waals surface area contributed by atoms with Crippen LogP contribution in [0.5, 0.6) is 0 Å². The van der Waals surface area contributed by atoms with Crippen molar-refractivity contribution >= 4 is 17.3 Å². The number of hydrogen-bond acceptors (Lipinski definition) is 6. The van der Waals surface area contributed by atoms with Crippen molar-refractivity contribution in [2.75, 3.05) is 49.7 Å². The Morgan fingerprint density at radius 1 is 1.28 bits per heavy atom. The maximum Gasteiger partial charge on any atom is 0.157 e. The van der Waals surface area contributed by atoms with E-state index in [1.165, 1.54) is 25.7 Å². The normalized spacial score (nSPS) is 19.5. The zero-order chi connectivity index (χ0) is 17.6. The molecule has 1 fully saturated rings. The fourth-order valence-corrected chi connectivity index (χ4v) is 3.84. The Labute approximate surface area is 151 Å². The molecule has 0 bridgehead atoms. The zero-order valence-corrected chi connectivity index (χ0v) is 15.7. The number of rotatable bonds is 6. The van der Waals surface area contributed by atoms with Gasteiger partial charge in [0.05, 0.1) is 0 Å². The van der Waals surface area contributed by atoms with Gasteiger partial charge in [0.2, 0.25) is 0 Å². The van der Waals surface area contributed by atoms with Crippen LogP contribution in [0.1, 0.15) is 44.9 Å². The van der Waals surface area contributed by atoms with Gasteiger partial charge < -0.3 is 20.9 Å². The van der Waals surface area contributed by atoms with E-state index in [1.54, 1.807) is 11.9 Å². The van der Waals surface area contributed by atoms with Crippen LogP contribution < -0.4 is 16.0 Å². The van der Waals surface area contributed by atoms with Crippen LogP contribution in [-0.4, -0.2) is 54.6 Å². The highest BCUT2D eigenvalue weighted by molar-refractivity contribution is 5.74. The number of allylic oxidation sites excluding steroid dienone is 1. The van der Waals surface area contributed by atoms with Gasteiger partial charge in [-0.15, -0.1) is 0 Å². The number of likely N-dealkylation sites (tertiary alicyclic amines) is 1. The average molecular weight is 345 g/mol. The molecule has 0 aromatic carbocycles. The summed E-state index contributed by atoms with van der Waals surface area (Å²) in [4.78, 5) is 13.4. The van der Waals surface area contributed by atoms with E-state index < -0.39 is 0 Å². The Bertz CT molecular complexity index is 592. The smallest absolute Gasteiger partial charge is 0.157 e. The number of hydrogen-bond donors (Lipinski definition) is 2. The van der Waals surface area contributed by atoms with Gasteiger partial charge in [0.15, 0.2) is 11.6 Å². The molecular weight excluding hydrogens is 312 g/mol. The number of nitrogens with one attached hydrogen (secondary N) is 1. The highest BCUT2D eigenvalue weighted by atomic mass is 15.2. The maximum atomic E-state index is 6.38. The van der Waals surface area contributed by atoms with E-state index in [2.05, 4.69) is 45.3 Å². The minimum Gasteiger partial charge on any atom is -0.393 e. The first-order valence-electron chi connectivity index (χ1n) is 9.59. The summed E-state index contributed by atoms with van der Waals surface area (Å²) in [6.45, 7) is 3.13. The van der Waals surface area contributed by atoms with Crippen molar-refractivity contribution in [3.05, 3.63) is 18.0 Å². The van der Waals surface area contributed by atoms with Gasteiger partial charge in [-0.3, -0.25) is 0 Å². The molecule has 3 rings (SSSR count). The summed E-state index contributed by atoms with van der Waals surface area (Å²) in [6.07, 6.45) is 12.5. The van der Waals surface area contributed by atoms with Gasteiger partial charge in [0.1, 0.15) is 12.0 Å². The SMILES string of the molecule is CN1CCC(N(C)c2ncnc(NCCC3=CCCCC3)c2N)CC1. The Balaban J connectivity index is 1.60. The van der Waals surface area contributed by atoms with Crippen LogP contribution >= 0.6 is 0 Å². The van der Waals surface area contributed by atoms with E-state index in [-0.39, 0.29) is 0 Å². The lowest BCUT2D eigenvalue weighted by atomic mass is 9.97. The maximum absolute atomic E-state index is 6.38. The molecule has 3 N–H and O–H groups in total. The van der Waals surface area contributed by atoms with Gasteiger partial charge in [0.25, 0.3) is 0 Å². The summed E-state index contributed by atoms with van der Waals surface area (Å²) in [7, 11) is 4.28. The predicted molar refractivity (Wildman–Crippen MR) is 105 cm³/mol. The van der Waals surface area contributed by atoms with Gasteiger partial charge >= 0.3 is 0 Å². The second kappa shape index (κ2) is 8.52. The van der Waals surface area contributed by atoms with Crippen LogP contribution in [0.2, 0.25) is 0 Å². The van der Waals surface area contributed by atoms with Crippen LogP contribution in [0.15, 0.2) is 18.0 Å². The highest BCUT2D eigenvalue weighted by Crippen LogP contribution is 2.29. The first-order valence-corrected chi connectivity index (χ1v) is 9.59. The molecule has 0 saturated carbocycles. The number of aromatic nitrogens is 2. The Hall–Kier alpha value is -1.82. The molecule has 1 aliphatic heterocycles. The van der Waals surface area contributed by atoms with Crippen molar-refractivity contribution in [2.45, 2.75) is 51.0 Å². The van der Waals surface area contributed by atoms with Gasteiger partial charge in [-0.1, -0.05) is 11.6 Å². The Morgan fingerprint density at radius 3 is 2.80 bits per heavy atom. The summed E-state index contributed by atoms with van der Waals surface area (Å²) in [5, 5.41) is 3.41. The average Bonchev–Trinajstić information content (AvgIpc) is 2.64. The molecule has 1 aromatic heterocycles. The molecule has 2 heterocycles. The lowest BCUT2D eigenvalue weighted by Gasteiger charge is -2.36. The third-order valence-corrected chi connectivity index (χ3v) is 5.56. The zero-order valence-electron chi connectivity index (χ0n) is 15.7. The largest absolute Gasteiger partial charge is 0.393 e. The van der Waals surface area contributed by atoms with E-state index in [1.807, 2.05) is 0 Å². The van der Waals surface area contributed by atoms with Crippen molar-refractivity contribution in [1.82, 2.24) is 14.9 Å². The molecule has 0 radical (unpaired) electrons. The first kappa shape index (κ1) is 18.0. The second-order valence-corrected chi connectivity index (χ2v) is 7.39. The van der Waals surface area contributed by atoms with Crippen LogP contribution in [0.4, 0.5) is 17.3 Å². The van der Waals surface area contributed by atoms with Crippen LogP contribution in [0.3, 0.4) is 0 Å². The molecule has 1 aromatic rings. The Kier molecular flexibility index (Phi) is 6.13. The number of nitrogens with two attached hydrogens (primary N) is 1. The molecule has 1 aliphatic carbocycles. The fraction of sp³-hybridized carbons (Fsp3) is 0.684. The lowest BCUT2D eigenvalue weighted by Crippen LogP contribution is -2.42. The summed E-state index contributed by atoms with van der Waals surface area (Å²) < 4.78 is 0. The van der Waals surface area contributed by atoms with Gasteiger partial charge in [0, 0.05) is 19.6 Å². The molecule has 138 valence electrons. The van der Waals surface area contributed by atoms with E-state index in [4.69, 9.17) is 5.73 Å². The monoisotopic (exact) mass is 344 g/mol. The quantitative estimate of drug-likeness (QED) is 0.773. The van der Waals surface area contributed by atoms with Crippen molar-refractivity contribution < 1.29 is 0 Å². The molecule has 25 heavy (non-hydrogen) atoms. The van der Waals surface area contributed by atoms with Crippen LogP contribution in [-0.2, 0) is 0 Å². The van der Waals surface area contributed by atoms with E-state index in [9.17, 15) is 0 Å². The van der Waals surface area contributed by atoms with E-state index >= 15 is 0 Å². The van der Waals surface area contributed by atoms with Gasteiger partial charge in [-0.25, -0.2) is 9.97 Å². The van der Waals surface area contributed by atoms with Gasteiger partial charge in [-0.05, 0) is 65.1 Å². The van der Waals surface area contributed by atoms with Crippen molar-refractivity contribution in [1.29, 1.82) is 0 Å². The van der Waals surface area contributed by atoms with Crippen LogP contribution in [0.25, 0.3) is 0 Å². The second-order valence-electron chi connectivity index (χ2n) is 7.39. The standard InChI is InChI=1S/C19H32N6/c1-24-12-9-16(10-13-24)25(2)19-17(20)18(22-14-23-19)21-11-8-15-6-4-3-5-7-15/h6,14,16H,3-5,7-13,20H2,1-2H3,(H,21,22,23). The summed E-state index contributed by atoms with van der Waals surface area (Å²) in [6, 6.07) is 0.494. The fourth-order valence-electron chi connectivity index (χ4n) is 3.84. The van der Waals surface area contributed by atoms with Crippen molar-refractivity contribution in [2.24, 2.45) is 0 Å². The van der Waals surface area contributed by atoms with Crippen molar-refractivity contribution in [3.8, 4) is 0 Å². The van der Waals surface area contributed by atoms with Crippen LogP contribution in [0, 0.1) is 0 Å². The molecule has 1 saturated heterocycles. The lowest BCUT2D eigenvalue weighted by molar-refractivity contribution is 0.252. The summed E-state index contributed by atoms with van der Waals surface area (Å²) in [5.74, 6) is 1.62. The number of piperidine rings is 1. The minimum absolute atomic E-state index is 0.494. The summed E-state index contributed by atoms with van der Waals surface area (Å²) >= 11 is 0. The molecule has 6 nitrogen and oxygen atoms in total. The molecule has 6 heteroatoms. The Morgan fingerprint density at radius 2 is 2.08 bits per heavy atom. The van der Waals surface area contributed by atoms with Gasteiger partial charge in [-0.2, -0.15) is 0 Å². The molecule has 0 unspecified atom stereocenters. The van der Waals surface area contributed by atoms with E-state index in [0.717, 1.165) is 50.5 Å². The number of nitrogens with zero attached hydrogens (tertiary/aromatic N) is 4. The van der Waals surface area contributed by atoms with E-state index in [0.29, 0.717) is 11.7 Å². The molecule has 0 amide bonds. The minimum atomic E-state index is 0.494. The van der Waals surface area contributed by atoms with Crippen molar-refractivity contribution in [3.63, 3.8) is 0 Å². The number of anilines is 3. The molecule has 0 spiro atoms. The highest BCUT2D eigenvalue weighted by Gasteiger charge is 2.23. The topological polar surface area (TPSA) is 70.3 Å². The first-order chi connectivity index (χ1) is 12.1. The predicted octanol–water partition coefficient (Wildman–Crippen LogP) is 2.89. The third-order valence-electron chi connectivity index (χ3n) is 5.56. The molecule has 0 atom stereocenters. The number of nitrogen functional groups attached to an aromatic ring is 1.